The molecule has 0 spiro atoms. The van der Waals surface area contributed by atoms with Gasteiger partial charge < -0.3 is 14.8 Å². The van der Waals surface area contributed by atoms with Crippen molar-refractivity contribution in [2.45, 2.75) is 6.92 Å². The Labute approximate surface area is 112 Å². The molecule has 4 nitrogen and oxygen atoms in total. The first-order valence-electron chi connectivity index (χ1n) is 5.33. The van der Waals surface area contributed by atoms with Crippen molar-refractivity contribution < 1.29 is 14.3 Å². The molecule has 1 amide bonds. The Bertz CT molecular complexity index is 472. The molecule has 0 saturated carbocycles. The summed E-state index contributed by atoms with van der Waals surface area (Å²) in [4.78, 5) is 11.9. The third kappa shape index (κ3) is 3.40. The van der Waals surface area contributed by atoms with Gasteiger partial charge >= 0.3 is 0 Å². The molecule has 0 fully saturated rings. The Morgan fingerprint density at radius 2 is 2.06 bits per heavy atom. The summed E-state index contributed by atoms with van der Waals surface area (Å²) in [6.07, 6.45) is 0. The fourth-order valence-corrected chi connectivity index (χ4v) is 1.67. The third-order valence-electron chi connectivity index (χ3n) is 2.25. The number of rotatable bonds is 5. The van der Waals surface area contributed by atoms with Crippen LogP contribution in [0.15, 0.2) is 24.3 Å². The van der Waals surface area contributed by atoms with Crippen molar-refractivity contribution in [3.05, 3.63) is 34.9 Å². The lowest BCUT2D eigenvalue weighted by Gasteiger charge is -2.11. The van der Waals surface area contributed by atoms with Gasteiger partial charge in [0.25, 0.3) is 5.91 Å². The zero-order valence-electron chi connectivity index (χ0n) is 10.7. The van der Waals surface area contributed by atoms with Crippen LogP contribution in [0.25, 0.3) is 0 Å². The molecule has 0 aliphatic rings. The quantitative estimate of drug-likeness (QED) is 0.836. The number of nitrogens with one attached hydrogen (secondary N) is 1. The van der Waals surface area contributed by atoms with Crippen LogP contribution in [0.2, 0.25) is 5.02 Å². The van der Waals surface area contributed by atoms with E-state index in [4.69, 9.17) is 21.1 Å². The van der Waals surface area contributed by atoms with E-state index in [0.717, 1.165) is 5.57 Å². The Morgan fingerprint density at radius 1 is 1.39 bits per heavy atom. The van der Waals surface area contributed by atoms with Crippen LogP contribution in [0.3, 0.4) is 0 Å². The molecule has 0 aliphatic carbocycles. The molecule has 1 aromatic carbocycles. The van der Waals surface area contributed by atoms with Crippen molar-refractivity contribution in [2.75, 3.05) is 20.8 Å². The molecule has 18 heavy (non-hydrogen) atoms. The minimum atomic E-state index is -0.235. The van der Waals surface area contributed by atoms with Gasteiger partial charge in [-0.2, -0.15) is 0 Å². The van der Waals surface area contributed by atoms with Gasteiger partial charge in [0.05, 0.1) is 19.2 Å². The van der Waals surface area contributed by atoms with E-state index in [1.54, 1.807) is 6.07 Å². The van der Waals surface area contributed by atoms with Crippen molar-refractivity contribution in [3.63, 3.8) is 0 Å². The largest absolute Gasteiger partial charge is 0.493 e. The van der Waals surface area contributed by atoms with E-state index in [0.29, 0.717) is 28.6 Å². The predicted molar refractivity (Wildman–Crippen MR) is 71.7 cm³/mol. The summed E-state index contributed by atoms with van der Waals surface area (Å²) in [7, 11) is 2.98. The van der Waals surface area contributed by atoms with Gasteiger partial charge in [-0.05, 0) is 19.1 Å². The maximum absolute atomic E-state index is 11.9. The van der Waals surface area contributed by atoms with E-state index in [9.17, 15) is 4.79 Å². The van der Waals surface area contributed by atoms with Crippen molar-refractivity contribution in [1.82, 2.24) is 5.32 Å². The lowest BCUT2D eigenvalue weighted by atomic mass is 10.2. The molecular weight excluding hydrogens is 254 g/mol. The summed E-state index contributed by atoms with van der Waals surface area (Å²) in [5.41, 5.74) is 1.29. The van der Waals surface area contributed by atoms with E-state index in [-0.39, 0.29) is 5.91 Å². The smallest absolute Gasteiger partial charge is 0.251 e. The normalized spacial score (nSPS) is 9.78. The summed E-state index contributed by atoms with van der Waals surface area (Å²) < 4.78 is 10.2. The number of halogens is 1. The molecule has 0 saturated heterocycles. The topological polar surface area (TPSA) is 47.6 Å². The minimum Gasteiger partial charge on any atom is -0.493 e. The summed E-state index contributed by atoms with van der Waals surface area (Å²) in [5, 5.41) is 3.05. The molecule has 0 heterocycles. The van der Waals surface area contributed by atoms with Crippen LogP contribution in [-0.4, -0.2) is 26.7 Å². The number of carbonyl (C=O) groups excluding carboxylic acids is 1. The van der Waals surface area contributed by atoms with Gasteiger partial charge in [0, 0.05) is 12.1 Å². The highest BCUT2D eigenvalue weighted by Gasteiger charge is 2.14. The van der Waals surface area contributed by atoms with Gasteiger partial charge in [0.2, 0.25) is 0 Å². The highest BCUT2D eigenvalue weighted by molar-refractivity contribution is 6.32. The highest BCUT2D eigenvalue weighted by Crippen LogP contribution is 2.35. The fourth-order valence-electron chi connectivity index (χ4n) is 1.38. The first-order valence-corrected chi connectivity index (χ1v) is 5.71. The molecule has 0 bridgehead atoms. The molecule has 1 aromatic rings. The zero-order chi connectivity index (χ0) is 13.7. The second-order valence-electron chi connectivity index (χ2n) is 3.83. The number of ether oxygens (including phenoxy) is 2. The maximum atomic E-state index is 11.9. The predicted octanol–water partition coefficient (Wildman–Crippen LogP) is 2.66. The first-order chi connectivity index (χ1) is 8.49. The molecule has 1 N–H and O–H groups in total. The fraction of sp³-hybridized carbons (Fsp3) is 0.308. The van der Waals surface area contributed by atoms with E-state index in [2.05, 4.69) is 11.9 Å². The number of hydrogen-bond donors (Lipinski definition) is 1. The van der Waals surface area contributed by atoms with E-state index < -0.39 is 0 Å². The molecule has 0 radical (unpaired) electrons. The molecule has 0 aliphatic heterocycles. The monoisotopic (exact) mass is 269 g/mol. The molecular formula is C13H16ClNO3. The zero-order valence-corrected chi connectivity index (χ0v) is 11.4. The van der Waals surface area contributed by atoms with Crippen LogP contribution in [0, 0.1) is 0 Å². The first kappa shape index (κ1) is 14.4. The van der Waals surface area contributed by atoms with Crippen molar-refractivity contribution in [2.24, 2.45) is 0 Å². The van der Waals surface area contributed by atoms with Crippen LogP contribution < -0.4 is 14.8 Å². The van der Waals surface area contributed by atoms with Gasteiger partial charge in [0.15, 0.2) is 11.5 Å². The second kappa shape index (κ2) is 6.31. The van der Waals surface area contributed by atoms with E-state index >= 15 is 0 Å². The van der Waals surface area contributed by atoms with Gasteiger partial charge in [0.1, 0.15) is 0 Å². The van der Waals surface area contributed by atoms with Gasteiger partial charge in [-0.3, -0.25) is 4.79 Å². The van der Waals surface area contributed by atoms with Crippen molar-refractivity contribution >= 4 is 17.5 Å². The highest BCUT2D eigenvalue weighted by atomic mass is 35.5. The summed E-state index contributed by atoms with van der Waals surface area (Å²) in [6.45, 7) is 5.97. The lowest BCUT2D eigenvalue weighted by Crippen LogP contribution is -2.24. The number of benzene rings is 1. The summed E-state index contributed by atoms with van der Waals surface area (Å²) in [5.74, 6) is 0.599. The van der Waals surface area contributed by atoms with Crippen LogP contribution in [0.5, 0.6) is 11.5 Å². The molecule has 5 heteroatoms. The minimum absolute atomic E-state index is 0.235. The number of methoxy groups -OCH3 is 2. The van der Waals surface area contributed by atoms with Gasteiger partial charge in [-0.1, -0.05) is 23.8 Å². The Kier molecular flexibility index (Phi) is 5.04. The average molecular weight is 270 g/mol. The van der Waals surface area contributed by atoms with Gasteiger partial charge in [-0.15, -0.1) is 0 Å². The van der Waals surface area contributed by atoms with E-state index in [1.165, 1.54) is 20.3 Å². The van der Waals surface area contributed by atoms with Crippen molar-refractivity contribution in [3.8, 4) is 11.5 Å². The molecule has 98 valence electrons. The lowest BCUT2D eigenvalue weighted by molar-refractivity contribution is 0.0956. The molecule has 1 rings (SSSR count). The second-order valence-corrected chi connectivity index (χ2v) is 4.24. The Morgan fingerprint density at radius 3 is 2.56 bits per heavy atom. The number of carbonyl (C=O) groups is 1. The summed E-state index contributed by atoms with van der Waals surface area (Å²) >= 11 is 6.02. The number of amides is 1. The average Bonchev–Trinajstić information content (AvgIpc) is 2.34. The molecule has 0 unspecified atom stereocenters. The van der Waals surface area contributed by atoms with E-state index in [1.807, 2.05) is 6.92 Å². The van der Waals surface area contributed by atoms with Gasteiger partial charge in [-0.25, -0.2) is 0 Å². The van der Waals surface area contributed by atoms with Crippen LogP contribution in [0.4, 0.5) is 0 Å². The Balaban J connectivity index is 3.00. The SMILES string of the molecule is C=C(C)CNC(=O)c1cc(Cl)c(OC)c(OC)c1. The molecule has 0 atom stereocenters. The standard InChI is InChI=1S/C13H16ClNO3/c1-8(2)7-15-13(16)9-5-10(14)12(18-4)11(6-9)17-3/h5-6H,1,7H2,2-4H3,(H,15,16). The van der Waals surface area contributed by atoms with Crippen LogP contribution >= 0.6 is 11.6 Å². The third-order valence-corrected chi connectivity index (χ3v) is 2.53. The van der Waals surface area contributed by atoms with Crippen LogP contribution in [-0.2, 0) is 0 Å². The number of hydrogen-bond acceptors (Lipinski definition) is 3. The maximum Gasteiger partial charge on any atom is 0.251 e. The van der Waals surface area contributed by atoms with Crippen molar-refractivity contribution in [1.29, 1.82) is 0 Å². The molecule has 0 aromatic heterocycles. The van der Waals surface area contributed by atoms with Crippen LogP contribution in [0.1, 0.15) is 17.3 Å². The Hall–Kier alpha value is -1.68. The summed E-state index contributed by atoms with van der Waals surface area (Å²) in [6, 6.07) is 3.12.